The topological polar surface area (TPSA) is 26.0 Å². The second-order valence-corrected chi connectivity index (χ2v) is 3.75. The van der Waals surface area contributed by atoms with Crippen molar-refractivity contribution in [1.82, 2.24) is 0 Å². The van der Waals surface area contributed by atoms with Crippen molar-refractivity contribution in [1.29, 1.82) is 0 Å². The predicted molar refractivity (Wildman–Crippen MR) is 53.5 cm³/mol. The van der Waals surface area contributed by atoms with Crippen molar-refractivity contribution in [3.8, 4) is 0 Å². The zero-order valence-electron chi connectivity index (χ0n) is 5.17. The number of hydrogen-bond donors (Lipinski definition) is 1. The van der Waals surface area contributed by atoms with Gasteiger partial charge in [0, 0.05) is 0 Å². The standard InChI is InChI=1S/C6H3Cl2FIN/c7-2-1-3(9)6(11)5(10)4(2)8/h1H,11H2. The average molecular weight is 306 g/mol. The van der Waals surface area contributed by atoms with Gasteiger partial charge in [0.1, 0.15) is 5.82 Å². The fraction of sp³-hybridized carbons (Fsp3) is 0. The molecule has 0 unspecified atom stereocenters. The van der Waals surface area contributed by atoms with Crippen molar-refractivity contribution in [2.75, 3.05) is 5.73 Å². The molecule has 0 bridgehead atoms. The van der Waals surface area contributed by atoms with E-state index in [9.17, 15) is 4.39 Å². The molecule has 0 atom stereocenters. The van der Waals surface area contributed by atoms with Crippen molar-refractivity contribution in [3.05, 3.63) is 25.5 Å². The summed E-state index contributed by atoms with van der Waals surface area (Å²) in [5, 5.41) is 0.480. The third-order valence-corrected chi connectivity index (χ3v) is 3.38. The van der Waals surface area contributed by atoms with E-state index in [4.69, 9.17) is 28.9 Å². The summed E-state index contributed by atoms with van der Waals surface area (Å²) in [4.78, 5) is 0. The maximum absolute atomic E-state index is 12.7. The summed E-state index contributed by atoms with van der Waals surface area (Å²) in [5.74, 6) is -0.538. The van der Waals surface area contributed by atoms with Crippen LogP contribution in [0.25, 0.3) is 0 Å². The second-order valence-electron chi connectivity index (χ2n) is 1.88. The van der Waals surface area contributed by atoms with Gasteiger partial charge in [-0.25, -0.2) is 4.39 Å². The van der Waals surface area contributed by atoms with E-state index < -0.39 is 5.82 Å². The third-order valence-electron chi connectivity index (χ3n) is 1.15. The van der Waals surface area contributed by atoms with Gasteiger partial charge in [-0.05, 0) is 28.7 Å². The van der Waals surface area contributed by atoms with E-state index in [0.29, 0.717) is 8.59 Å². The Morgan fingerprint density at radius 2 is 2.00 bits per heavy atom. The minimum absolute atomic E-state index is 0.0417. The van der Waals surface area contributed by atoms with Gasteiger partial charge in [0.2, 0.25) is 0 Å². The van der Waals surface area contributed by atoms with Gasteiger partial charge in [0.15, 0.2) is 0 Å². The number of benzene rings is 1. The molecule has 0 amide bonds. The van der Waals surface area contributed by atoms with E-state index in [1.165, 1.54) is 0 Å². The molecule has 0 spiro atoms. The van der Waals surface area contributed by atoms with Crippen LogP contribution in [-0.4, -0.2) is 0 Å². The van der Waals surface area contributed by atoms with E-state index in [2.05, 4.69) is 0 Å². The van der Waals surface area contributed by atoms with Crippen molar-refractivity contribution >= 4 is 51.5 Å². The van der Waals surface area contributed by atoms with Crippen LogP contribution in [0.4, 0.5) is 10.1 Å². The number of halogens is 4. The Labute approximate surface area is 86.8 Å². The highest BCUT2D eigenvalue weighted by molar-refractivity contribution is 14.1. The van der Waals surface area contributed by atoms with Gasteiger partial charge in [0.25, 0.3) is 0 Å². The Bertz CT molecular complexity index is 277. The molecule has 0 radical (unpaired) electrons. The normalized spacial score (nSPS) is 10.2. The maximum Gasteiger partial charge on any atom is 0.148 e. The Hall–Kier alpha value is 0.260. The number of rotatable bonds is 0. The van der Waals surface area contributed by atoms with Crippen LogP contribution in [0.2, 0.25) is 10.0 Å². The lowest BCUT2D eigenvalue weighted by molar-refractivity contribution is 0.632. The van der Waals surface area contributed by atoms with Gasteiger partial charge >= 0.3 is 0 Å². The highest BCUT2D eigenvalue weighted by Crippen LogP contribution is 2.32. The van der Waals surface area contributed by atoms with Crippen LogP contribution in [0.15, 0.2) is 6.07 Å². The molecule has 0 saturated carbocycles. The minimum atomic E-state index is -0.538. The highest BCUT2D eigenvalue weighted by Gasteiger charge is 2.10. The summed E-state index contributed by atoms with van der Waals surface area (Å²) >= 11 is 13.1. The van der Waals surface area contributed by atoms with E-state index in [1.54, 1.807) is 0 Å². The lowest BCUT2D eigenvalue weighted by Crippen LogP contribution is -1.95. The van der Waals surface area contributed by atoms with Crippen LogP contribution < -0.4 is 5.73 Å². The monoisotopic (exact) mass is 305 g/mol. The molecule has 60 valence electrons. The van der Waals surface area contributed by atoms with Crippen molar-refractivity contribution in [3.63, 3.8) is 0 Å². The summed E-state index contributed by atoms with van der Waals surface area (Å²) < 4.78 is 13.2. The van der Waals surface area contributed by atoms with E-state index in [1.807, 2.05) is 22.6 Å². The van der Waals surface area contributed by atoms with Crippen LogP contribution >= 0.6 is 45.8 Å². The molecule has 2 N–H and O–H groups in total. The SMILES string of the molecule is Nc1c(F)cc(Cl)c(Cl)c1I. The molecule has 0 aliphatic heterocycles. The molecule has 0 aliphatic rings. The van der Waals surface area contributed by atoms with Crippen molar-refractivity contribution < 1.29 is 4.39 Å². The molecule has 0 fully saturated rings. The Morgan fingerprint density at radius 3 is 2.55 bits per heavy atom. The number of hydrogen-bond acceptors (Lipinski definition) is 1. The lowest BCUT2D eigenvalue weighted by Gasteiger charge is -2.03. The fourth-order valence-electron chi connectivity index (χ4n) is 0.580. The van der Waals surface area contributed by atoms with Crippen LogP contribution in [0.3, 0.4) is 0 Å². The Balaban J connectivity index is 3.46. The van der Waals surface area contributed by atoms with Crippen LogP contribution in [-0.2, 0) is 0 Å². The molecule has 1 aromatic carbocycles. The molecule has 0 aromatic heterocycles. The summed E-state index contributed by atoms with van der Waals surface area (Å²) in [5.41, 5.74) is 5.37. The maximum atomic E-state index is 12.7. The first-order valence-corrected chi connectivity index (χ1v) is 4.46. The zero-order chi connectivity index (χ0) is 8.59. The quantitative estimate of drug-likeness (QED) is 0.338. The van der Waals surface area contributed by atoms with Crippen LogP contribution in [0, 0.1) is 9.39 Å². The Kier molecular flexibility index (Phi) is 2.83. The molecule has 0 saturated heterocycles. The van der Waals surface area contributed by atoms with Gasteiger partial charge in [-0.15, -0.1) is 0 Å². The molecule has 11 heavy (non-hydrogen) atoms. The van der Waals surface area contributed by atoms with Gasteiger partial charge in [-0.1, -0.05) is 23.2 Å². The predicted octanol–water partition coefficient (Wildman–Crippen LogP) is 3.32. The first-order valence-electron chi connectivity index (χ1n) is 2.62. The van der Waals surface area contributed by atoms with Gasteiger partial charge < -0.3 is 5.73 Å². The molecular formula is C6H3Cl2FIN. The number of anilines is 1. The minimum Gasteiger partial charge on any atom is -0.395 e. The summed E-state index contributed by atoms with van der Waals surface area (Å²) in [6.45, 7) is 0. The Morgan fingerprint density at radius 1 is 1.45 bits per heavy atom. The van der Waals surface area contributed by atoms with Gasteiger partial charge in [-0.2, -0.15) is 0 Å². The third kappa shape index (κ3) is 1.71. The van der Waals surface area contributed by atoms with Crippen LogP contribution in [0.1, 0.15) is 0 Å². The molecule has 1 rings (SSSR count). The summed E-state index contributed by atoms with van der Waals surface area (Å²) in [7, 11) is 0. The lowest BCUT2D eigenvalue weighted by atomic mass is 10.3. The zero-order valence-corrected chi connectivity index (χ0v) is 8.84. The van der Waals surface area contributed by atoms with E-state index in [-0.39, 0.29) is 10.7 Å². The van der Waals surface area contributed by atoms with Crippen molar-refractivity contribution in [2.45, 2.75) is 0 Å². The first-order chi connectivity index (χ1) is 5.04. The molecule has 5 heteroatoms. The highest BCUT2D eigenvalue weighted by atomic mass is 127. The molecular weight excluding hydrogens is 303 g/mol. The van der Waals surface area contributed by atoms with Crippen molar-refractivity contribution in [2.24, 2.45) is 0 Å². The van der Waals surface area contributed by atoms with Gasteiger partial charge in [-0.3, -0.25) is 0 Å². The fourth-order valence-corrected chi connectivity index (χ4v) is 1.63. The average Bonchev–Trinajstić information content (AvgIpc) is 1.97. The summed E-state index contributed by atoms with van der Waals surface area (Å²) in [6, 6.07) is 1.10. The number of nitrogen functional groups attached to an aromatic ring is 1. The second kappa shape index (κ2) is 3.33. The molecule has 1 nitrogen and oxygen atoms in total. The van der Waals surface area contributed by atoms with Gasteiger partial charge in [0.05, 0.1) is 19.3 Å². The molecule has 0 heterocycles. The largest absolute Gasteiger partial charge is 0.395 e. The smallest absolute Gasteiger partial charge is 0.148 e. The van der Waals surface area contributed by atoms with Crippen LogP contribution in [0.5, 0.6) is 0 Å². The number of nitrogens with two attached hydrogens (primary N) is 1. The van der Waals surface area contributed by atoms with E-state index in [0.717, 1.165) is 6.07 Å². The van der Waals surface area contributed by atoms with E-state index >= 15 is 0 Å². The molecule has 1 aromatic rings. The summed E-state index contributed by atoms with van der Waals surface area (Å²) in [6.07, 6.45) is 0. The molecule has 0 aliphatic carbocycles. The first kappa shape index (κ1) is 9.35.